The Morgan fingerprint density at radius 1 is 1.60 bits per heavy atom. The third-order valence-electron chi connectivity index (χ3n) is 1.01. The molecule has 0 aliphatic heterocycles. The number of hydrogen-bond acceptors (Lipinski definition) is 1. The molecule has 0 spiro atoms. The van der Waals surface area contributed by atoms with Gasteiger partial charge in [0.05, 0.1) is 6.42 Å². The summed E-state index contributed by atoms with van der Waals surface area (Å²) in [6, 6.07) is 0. The van der Waals surface area contributed by atoms with E-state index in [-0.39, 0.29) is 6.42 Å². The Morgan fingerprint density at radius 3 is 2.40 bits per heavy atom. The lowest BCUT2D eigenvalue weighted by molar-refractivity contribution is -0.119. The normalized spacial score (nSPS) is 11.6. The number of hydrogen-bond donors (Lipinski definition) is 0. The van der Waals surface area contributed by atoms with Crippen LogP contribution in [0.5, 0.6) is 0 Å². The van der Waals surface area contributed by atoms with Crippen LogP contribution in [0.4, 0.5) is 8.78 Å². The highest BCUT2D eigenvalue weighted by Crippen LogP contribution is 2.24. The lowest BCUT2D eigenvalue weighted by Crippen LogP contribution is -2.18. The van der Waals surface area contributed by atoms with Crippen molar-refractivity contribution < 1.29 is 13.6 Å². The molecule has 0 saturated carbocycles. The molecule has 60 valence electrons. The van der Waals surface area contributed by atoms with Gasteiger partial charge in [-0.2, -0.15) is 0 Å². The molecule has 10 heavy (non-hydrogen) atoms. The highest BCUT2D eigenvalue weighted by atomic mass is 35.5. The third-order valence-corrected chi connectivity index (χ3v) is 1.15. The molecule has 0 atom stereocenters. The lowest BCUT2D eigenvalue weighted by Gasteiger charge is -2.11. The Kier molecular flexibility index (Phi) is 3.79. The van der Waals surface area contributed by atoms with E-state index in [1.807, 2.05) is 0 Å². The number of carbonyl (C=O) groups is 1. The predicted octanol–water partition coefficient (Wildman–Crippen LogP) is 2.58. The van der Waals surface area contributed by atoms with Crippen molar-refractivity contribution in [3.05, 3.63) is 0 Å². The molecule has 0 N–H and O–H groups in total. The average Bonchev–Trinajstić information content (AvgIpc) is 1.59. The number of rotatable bonds is 4. The third kappa shape index (κ3) is 4.68. The topological polar surface area (TPSA) is 17.1 Å². The van der Waals surface area contributed by atoms with Crippen LogP contribution >= 0.6 is 11.6 Å². The summed E-state index contributed by atoms with van der Waals surface area (Å²) < 4.78 is 24.7. The van der Waals surface area contributed by atoms with E-state index in [4.69, 9.17) is 11.6 Å². The van der Waals surface area contributed by atoms with Crippen LogP contribution in [0.2, 0.25) is 0 Å². The summed E-state index contributed by atoms with van der Waals surface area (Å²) in [5.41, 5.74) is 0. The molecule has 0 aromatic rings. The maximum absolute atomic E-state index is 12.4. The van der Waals surface area contributed by atoms with Crippen LogP contribution < -0.4 is 0 Å². The van der Waals surface area contributed by atoms with Crippen LogP contribution in [0.3, 0.4) is 0 Å². The highest BCUT2D eigenvalue weighted by molar-refractivity contribution is 6.63. The van der Waals surface area contributed by atoms with Crippen LogP contribution in [0, 0.1) is 0 Å². The fourth-order valence-electron chi connectivity index (χ4n) is 0.657. The van der Waals surface area contributed by atoms with Crippen LogP contribution in [0.15, 0.2) is 0 Å². The van der Waals surface area contributed by atoms with Gasteiger partial charge < -0.3 is 0 Å². The molecule has 0 radical (unpaired) electrons. The maximum atomic E-state index is 12.4. The summed E-state index contributed by atoms with van der Waals surface area (Å²) in [5.74, 6) is -2.91. The molecular weight excluding hydrogens is 162 g/mol. The second-order valence-corrected chi connectivity index (χ2v) is 2.56. The number of carbonyl (C=O) groups excluding carboxylic acids is 1. The molecule has 4 heteroatoms. The average molecular weight is 171 g/mol. The van der Waals surface area contributed by atoms with Crippen molar-refractivity contribution in [3.63, 3.8) is 0 Å². The summed E-state index contributed by atoms with van der Waals surface area (Å²) >= 11 is 4.78. The summed E-state index contributed by atoms with van der Waals surface area (Å²) in [7, 11) is 0. The van der Waals surface area contributed by atoms with E-state index in [1.54, 1.807) is 6.92 Å². The first kappa shape index (κ1) is 9.82. The minimum absolute atomic E-state index is 0.272. The molecule has 0 aliphatic rings. The summed E-state index contributed by atoms with van der Waals surface area (Å²) in [4.78, 5) is 10.0. The molecule has 0 heterocycles. The first-order valence-corrected chi connectivity index (χ1v) is 3.42. The van der Waals surface area contributed by atoms with E-state index in [0.717, 1.165) is 0 Å². The van der Waals surface area contributed by atoms with Gasteiger partial charge in [-0.25, -0.2) is 8.78 Å². The summed E-state index contributed by atoms with van der Waals surface area (Å²) in [5, 5.41) is -0.974. The van der Waals surface area contributed by atoms with Crippen molar-refractivity contribution >= 4 is 16.8 Å². The van der Waals surface area contributed by atoms with Crippen LogP contribution in [0.1, 0.15) is 26.2 Å². The molecule has 0 amide bonds. The van der Waals surface area contributed by atoms with Gasteiger partial charge in [-0.3, -0.25) is 4.79 Å². The Hall–Kier alpha value is -0.180. The Bertz CT molecular complexity index is 125. The summed E-state index contributed by atoms with van der Waals surface area (Å²) in [6.45, 7) is 1.63. The van der Waals surface area contributed by atoms with Gasteiger partial charge in [-0.1, -0.05) is 13.3 Å². The fraction of sp³-hybridized carbons (Fsp3) is 0.833. The van der Waals surface area contributed by atoms with Crippen molar-refractivity contribution in [1.29, 1.82) is 0 Å². The van der Waals surface area contributed by atoms with Crippen molar-refractivity contribution in [1.82, 2.24) is 0 Å². The number of halogens is 3. The van der Waals surface area contributed by atoms with Gasteiger partial charge in [0.1, 0.15) is 0 Å². The maximum Gasteiger partial charge on any atom is 0.256 e. The highest BCUT2D eigenvalue weighted by Gasteiger charge is 2.29. The molecule has 0 rings (SSSR count). The van der Waals surface area contributed by atoms with Crippen LogP contribution in [-0.2, 0) is 4.79 Å². The Balaban J connectivity index is 3.74. The molecule has 0 aliphatic carbocycles. The van der Waals surface area contributed by atoms with Crippen molar-refractivity contribution in [2.24, 2.45) is 0 Å². The van der Waals surface area contributed by atoms with Crippen molar-refractivity contribution in [2.45, 2.75) is 32.1 Å². The van der Waals surface area contributed by atoms with E-state index >= 15 is 0 Å². The van der Waals surface area contributed by atoms with E-state index in [1.165, 1.54) is 0 Å². The molecule has 0 fully saturated rings. The Morgan fingerprint density at radius 2 is 2.10 bits per heavy atom. The Labute approximate surface area is 63.4 Å². The van der Waals surface area contributed by atoms with Gasteiger partial charge >= 0.3 is 0 Å². The van der Waals surface area contributed by atoms with E-state index in [9.17, 15) is 13.6 Å². The second-order valence-electron chi connectivity index (χ2n) is 2.14. The van der Waals surface area contributed by atoms with Crippen molar-refractivity contribution in [2.75, 3.05) is 0 Å². The van der Waals surface area contributed by atoms with Gasteiger partial charge in [0.2, 0.25) is 5.24 Å². The second kappa shape index (κ2) is 3.86. The van der Waals surface area contributed by atoms with Crippen molar-refractivity contribution in [3.8, 4) is 0 Å². The molecular formula is C6H9ClF2O. The van der Waals surface area contributed by atoms with Crippen LogP contribution in [0.25, 0.3) is 0 Å². The van der Waals surface area contributed by atoms with Gasteiger partial charge in [0, 0.05) is 6.42 Å². The summed E-state index contributed by atoms with van der Waals surface area (Å²) in [6.07, 6.45) is -0.759. The zero-order chi connectivity index (χ0) is 8.20. The fourth-order valence-corrected chi connectivity index (χ4v) is 0.853. The molecule has 0 aromatic heterocycles. The lowest BCUT2D eigenvalue weighted by atomic mass is 10.1. The minimum atomic E-state index is -2.91. The minimum Gasteiger partial charge on any atom is -0.281 e. The molecule has 0 aromatic carbocycles. The SMILES string of the molecule is CCCC(F)(F)CC(=O)Cl. The van der Waals surface area contributed by atoms with E-state index in [2.05, 4.69) is 0 Å². The van der Waals surface area contributed by atoms with Gasteiger partial charge in [0.25, 0.3) is 5.92 Å². The molecule has 0 saturated heterocycles. The smallest absolute Gasteiger partial charge is 0.256 e. The monoisotopic (exact) mass is 170 g/mol. The standard InChI is InChI=1S/C6H9ClF2O/c1-2-3-6(8,9)4-5(7)10/h2-4H2,1H3. The largest absolute Gasteiger partial charge is 0.281 e. The quantitative estimate of drug-likeness (QED) is 0.593. The molecule has 0 unspecified atom stereocenters. The van der Waals surface area contributed by atoms with Gasteiger partial charge in [-0.05, 0) is 11.6 Å². The molecule has 0 bridgehead atoms. The zero-order valence-electron chi connectivity index (χ0n) is 5.66. The predicted molar refractivity (Wildman–Crippen MR) is 35.3 cm³/mol. The number of alkyl halides is 2. The van der Waals surface area contributed by atoms with E-state index in [0.29, 0.717) is 6.42 Å². The van der Waals surface area contributed by atoms with Crippen LogP contribution in [-0.4, -0.2) is 11.2 Å². The first-order chi connectivity index (χ1) is 4.48. The zero-order valence-corrected chi connectivity index (χ0v) is 6.42. The van der Waals surface area contributed by atoms with Gasteiger partial charge in [-0.15, -0.1) is 0 Å². The van der Waals surface area contributed by atoms with Gasteiger partial charge in [0.15, 0.2) is 0 Å². The molecule has 1 nitrogen and oxygen atoms in total. The van der Waals surface area contributed by atoms with E-state index < -0.39 is 17.6 Å². The first-order valence-electron chi connectivity index (χ1n) is 3.04.